The fourth-order valence-corrected chi connectivity index (χ4v) is 2.19. The van der Waals surface area contributed by atoms with Crippen molar-refractivity contribution in [2.75, 3.05) is 7.05 Å². The Hall–Kier alpha value is -2.15. The van der Waals surface area contributed by atoms with Crippen molar-refractivity contribution in [3.05, 3.63) is 36.7 Å². The van der Waals surface area contributed by atoms with Crippen LogP contribution in [0.5, 0.6) is 0 Å². The molecule has 1 heterocycles. The van der Waals surface area contributed by atoms with Gasteiger partial charge in [-0.2, -0.15) is 5.10 Å². The zero-order valence-corrected chi connectivity index (χ0v) is 12.9. The number of hydrogen-bond acceptors (Lipinski definition) is 6. The van der Waals surface area contributed by atoms with Gasteiger partial charge in [0.25, 0.3) is 0 Å². The van der Waals surface area contributed by atoms with Crippen molar-refractivity contribution in [1.82, 2.24) is 9.88 Å². The quantitative estimate of drug-likeness (QED) is 0.388. The number of aromatic nitrogens is 1. The highest BCUT2D eigenvalue weighted by Crippen LogP contribution is 2.27. The molecule has 0 spiro atoms. The molecule has 0 radical (unpaired) electrons. The normalized spacial score (nSPS) is 11.0. The number of hydrazone groups is 1. The average Bonchev–Trinajstić information content (AvgIpc) is 2.50. The van der Waals surface area contributed by atoms with Gasteiger partial charge in [-0.05, 0) is 24.8 Å². The first-order valence-corrected chi connectivity index (χ1v) is 7.08. The van der Waals surface area contributed by atoms with E-state index in [1.807, 2.05) is 6.07 Å². The van der Waals surface area contributed by atoms with E-state index in [0.717, 1.165) is 5.56 Å². The molecule has 112 valence electrons. The van der Waals surface area contributed by atoms with Crippen LogP contribution in [0.15, 0.2) is 36.2 Å². The van der Waals surface area contributed by atoms with Crippen molar-refractivity contribution < 1.29 is 9.59 Å². The molecule has 1 aromatic rings. The maximum absolute atomic E-state index is 11.9. The van der Waals surface area contributed by atoms with Crippen LogP contribution in [-0.2, 0) is 9.59 Å². The summed E-state index contributed by atoms with van der Waals surface area (Å²) in [5.41, 5.74) is 0.827. The van der Waals surface area contributed by atoms with Crippen molar-refractivity contribution in [3.63, 3.8) is 0 Å². The molecular formula is C14H18N4O2S. The van der Waals surface area contributed by atoms with E-state index in [9.17, 15) is 9.59 Å². The molecule has 0 aliphatic carbocycles. The van der Waals surface area contributed by atoms with E-state index in [2.05, 4.69) is 16.7 Å². The predicted molar refractivity (Wildman–Crippen MR) is 85.2 cm³/mol. The van der Waals surface area contributed by atoms with Gasteiger partial charge in [-0.1, -0.05) is 12.6 Å². The Morgan fingerprint density at radius 1 is 1.48 bits per heavy atom. The largest absolute Gasteiger partial charge is 0.321 e. The van der Waals surface area contributed by atoms with Crippen LogP contribution >= 0.6 is 11.8 Å². The zero-order valence-electron chi connectivity index (χ0n) is 12.1. The molecule has 7 heteroatoms. The summed E-state index contributed by atoms with van der Waals surface area (Å²) in [6, 6.07) is 3.65. The highest BCUT2D eigenvalue weighted by atomic mass is 32.2. The molecule has 6 nitrogen and oxygen atoms in total. The van der Waals surface area contributed by atoms with Gasteiger partial charge in [-0.3, -0.25) is 14.7 Å². The summed E-state index contributed by atoms with van der Waals surface area (Å²) >= 11 is 1.18. The van der Waals surface area contributed by atoms with E-state index < -0.39 is 0 Å². The Balaban J connectivity index is 2.68. The number of amides is 1. The SMILES string of the molecule is C=C(S/C(=N\N)N(C)C(=O)CCC(C)=O)c1cccnc1. The van der Waals surface area contributed by atoms with Gasteiger partial charge in [-0.15, -0.1) is 0 Å². The molecule has 1 rings (SSSR count). The molecule has 2 N–H and O–H groups in total. The number of nitrogens with zero attached hydrogens (tertiary/aromatic N) is 3. The first kappa shape index (κ1) is 16.9. The van der Waals surface area contributed by atoms with Crippen LogP contribution in [0.4, 0.5) is 0 Å². The maximum atomic E-state index is 11.9. The summed E-state index contributed by atoms with van der Waals surface area (Å²) in [7, 11) is 1.57. The summed E-state index contributed by atoms with van der Waals surface area (Å²) in [5.74, 6) is 5.09. The molecule has 1 aromatic heterocycles. The van der Waals surface area contributed by atoms with Crippen molar-refractivity contribution in [2.45, 2.75) is 19.8 Å². The number of pyridine rings is 1. The molecule has 0 bridgehead atoms. The van der Waals surface area contributed by atoms with E-state index in [1.54, 1.807) is 25.5 Å². The first-order chi connectivity index (χ1) is 9.95. The van der Waals surface area contributed by atoms with Crippen LogP contribution in [-0.4, -0.2) is 33.8 Å². The van der Waals surface area contributed by atoms with E-state index in [4.69, 9.17) is 5.84 Å². The summed E-state index contributed by atoms with van der Waals surface area (Å²) in [6.07, 6.45) is 3.66. The number of hydrogen-bond donors (Lipinski definition) is 1. The second kappa shape index (κ2) is 8.21. The van der Waals surface area contributed by atoms with Crippen LogP contribution in [0.25, 0.3) is 4.91 Å². The number of carbonyl (C=O) groups is 2. The van der Waals surface area contributed by atoms with Crippen LogP contribution < -0.4 is 5.84 Å². The van der Waals surface area contributed by atoms with Gasteiger partial charge >= 0.3 is 0 Å². The van der Waals surface area contributed by atoms with Gasteiger partial charge in [-0.25, -0.2) is 0 Å². The molecule has 0 fully saturated rings. The van der Waals surface area contributed by atoms with Crippen LogP contribution in [0.2, 0.25) is 0 Å². The van der Waals surface area contributed by atoms with Crippen molar-refractivity contribution in [3.8, 4) is 0 Å². The summed E-state index contributed by atoms with van der Waals surface area (Å²) in [4.78, 5) is 28.9. The number of nitrogens with two attached hydrogens (primary N) is 1. The minimum atomic E-state index is -0.221. The van der Waals surface area contributed by atoms with Crippen molar-refractivity contribution >= 4 is 33.5 Å². The van der Waals surface area contributed by atoms with Crippen LogP contribution in [0.3, 0.4) is 0 Å². The second-order valence-corrected chi connectivity index (χ2v) is 5.40. The lowest BCUT2D eigenvalue weighted by Crippen LogP contribution is -2.32. The Bertz CT molecular complexity index is 557. The Morgan fingerprint density at radius 3 is 2.71 bits per heavy atom. The molecular weight excluding hydrogens is 288 g/mol. The van der Waals surface area contributed by atoms with Gasteiger partial charge < -0.3 is 10.6 Å². The number of Topliss-reactive ketones (excluding diaryl/α,β-unsaturated/α-hetero) is 1. The molecule has 0 atom stereocenters. The standard InChI is InChI=1S/C14H18N4O2S/c1-10(19)6-7-13(20)18(3)14(17-15)21-11(2)12-5-4-8-16-9-12/h4-5,8-9H,2,6-7,15H2,1,3H3/b17-14-. The molecule has 0 saturated carbocycles. The zero-order chi connectivity index (χ0) is 15.8. The highest BCUT2D eigenvalue weighted by Gasteiger charge is 2.17. The van der Waals surface area contributed by atoms with Gasteiger partial charge in [0, 0.05) is 42.8 Å². The number of rotatable bonds is 5. The number of carbonyl (C=O) groups excluding carboxylic acids is 2. The summed E-state index contributed by atoms with van der Waals surface area (Å²) in [5, 5.41) is 3.94. The number of ketones is 1. The molecule has 0 aromatic carbocycles. The Morgan fingerprint density at radius 2 is 2.19 bits per heavy atom. The van der Waals surface area contributed by atoms with Gasteiger partial charge in [0.2, 0.25) is 5.91 Å². The Labute approximate surface area is 128 Å². The van der Waals surface area contributed by atoms with Crippen molar-refractivity contribution in [2.24, 2.45) is 10.9 Å². The van der Waals surface area contributed by atoms with E-state index >= 15 is 0 Å². The van der Waals surface area contributed by atoms with Crippen molar-refractivity contribution in [1.29, 1.82) is 0 Å². The average molecular weight is 306 g/mol. The third kappa shape index (κ3) is 5.39. The lowest BCUT2D eigenvalue weighted by atomic mass is 10.2. The van der Waals surface area contributed by atoms with E-state index in [0.29, 0.717) is 10.1 Å². The molecule has 21 heavy (non-hydrogen) atoms. The molecule has 1 amide bonds. The summed E-state index contributed by atoms with van der Waals surface area (Å²) in [6.45, 7) is 5.37. The summed E-state index contributed by atoms with van der Waals surface area (Å²) < 4.78 is 0. The third-order valence-corrected chi connectivity index (χ3v) is 3.70. The molecule has 0 unspecified atom stereocenters. The predicted octanol–water partition coefficient (Wildman–Crippen LogP) is 1.84. The molecule has 0 aliphatic heterocycles. The van der Waals surface area contributed by atoms with E-state index in [-0.39, 0.29) is 24.5 Å². The smallest absolute Gasteiger partial charge is 0.228 e. The van der Waals surface area contributed by atoms with Crippen LogP contribution in [0.1, 0.15) is 25.3 Å². The monoisotopic (exact) mass is 306 g/mol. The van der Waals surface area contributed by atoms with Gasteiger partial charge in [0.15, 0.2) is 5.17 Å². The minimum Gasteiger partial charge on any atom is -0.321 e. The maximum Gasteiger partial charge on any atom is 0.228 e. The number of amidine groups is 1. The number of thioether (sulfide) groups is 1. The van der Waals surface area contributed by atoms with Crippen LogP contribution in [0, 0.1) is 0 Å². The second-order valence-electron chi connectivity index (χ2n) is 4.33. The third-order valence-electron chi connectivity index (χ3n) is 2.66. The lowest BCUT2D eigenvalue weighted by molar-refractivity contribution is -0.128. The fourth-order valence-electron chi connectivity index (χ4n) is 1.44. The molecule has 0 saturated heterocycles. The minimum absolute atomic E-state index is 0.0320. The fraction of sp³-hybridized carbons (Fsp3) is 0.286. The molecule has 0 aliphatic rings. The Kier molecular flexibility index (Phi) is 6.61. The van der Waals surface area contributed by atoms with Gasteiger partial charge in [0.05, 0.1) is 0 Å². The van der Waals surface area contributed by atoms with E-state index in [1.165, 1.54) is 23.6 Å². The topological polar surface area (TPSA) is 88.6 Å². The first-order valence-electron chi connectivity index (χ1n) is 6.26. The lowest BCUT2D eigenvalue weighted by Gasteiger charge is -2.18. The van der Waals surface area contributed by atoms with Gasteiger partial charge in [0.1, 0.15) is 5.78 Å². The highest BCUT2D eigenvalue weighted by molar-refractivity contribution is 8.21.